The molecule has 1 atom stereocenters. The van der Waals surface area contributed by atoms with Crippen LogP contribution in [0.5, 0.6) is 0 Å². The van der Waals surface area contributed by atoms with Gasteiger partial charge in [0.15, 0.2) is 0 Å². The Morgan fingerprint density at radius 3 is 2.33 bits per heavy atom. The molecule has 1 saturated heterocycles. The van der Waals surface area contributed by atoms with Crippen LogP contribution < -0.4 is 10.6 Å². The molecule has 2 amide bonds. The first-order chi connectivity index (χ1) is 14.3. The third kappa shape index (κ3) is 5.06. The van der Waals surface area contributed by atoms with Crippen LogP contribution >= 0.6 is 0 Å². The van der Waals surface area contributed by atoms with Gasteiger partial charge in [0.1, 0.15) is 0 Å². The largest absolute Gasteiger partial charge is 0.346 e. The van der Waals surface area contributed by atoms with E-state index in [1.54, 1.807) is 36.4 Å². The smallest absolute Gasteiger partial charge is 0.313 e. The van der Waals surface area contributed by atoms with Gasteiger partial charge in [0.25, 0.3) is 0 Å². The summed E-state index contributed by atoms with van der Waals surface area (Å²) in [6, 6.07) is 13.6. The van der Waals surface area contributed by atoms with Crippen molar-refractivity contribution in [3.8, 4) is 0 Å². The number of rotatable bonds is 6. The number of sulfonamides is 1. The summed E-state index contributed by atoms with van der Waals surface area (Å²) in [7, 11) is -3.65. The van der Waals surface area contributed by atoms with Crippen LogP contribution in [0.2, 0.25) is 0 Å². The summed E-state index contributed by atoms with van der Waals surface area (Å²) in [6.45, 7) is 4.42. The topological polar surface area (TPSA) is 95.6 Å². The van der Waals surface area contributed by atoms with Crippen LogP contribution in [0.4, 0.5) is 5.69 Å². The molecule has 160 valence electrons. The quantitative estimate of drug-likeness (QED) is 0.690. The van der Waals surface area contributed by atoms with Crippen molar-refractivity contribution in [1.82, 2.24) is 9.62 Å². The van der Waals surface area contributed by atoms with Gasteiger partial charge in [-0.15, -0.1) is 0 Å². The number of amides is 2. The van der Waals surface area contributed by atoms with Crippen LogP contribution in [-0.4, -0.2) is 43.7 Å². The van der Waals surface area contributed by atoms with Crippen molar-refractivity contribution >= 4 is 27.5 Å². The lowest BCUT2D eigenvalue weighted by atomic mass is 10.1. The maximum Gasteiger partial charge on any atom is 0.313 e. The van der Waals surface area contributed by atoms with Gasteiger partial charge in [-0.1, -0.05) is 36.8 Å². The van der Waals surface area contributed by atoms with Crippen molar-refractivity contribution in [2.24, 2.45) is 0 Å². The van der Waals surface area contributed by atoms with Crippen LogP contribution in [0.3, 0.4) is 0 Å². The van der Waals surface area contributed by atoms with E-state index < -0.39 is 21.8 Å². The molecule has 1 aliphatic heterocycles. The fraction of sp³-hybridized carbons (Fsp3) is 0.364. The number of aryl methyl sites for hydroxylation is 2. The summed E-state index contributed by atoms with van der Waals surface area (Å²) in [5.41, 5.74) is 2.65. The maximum atomic E-state index is 13.0. The van der Waals surface area contributed by atoms with Crippen LogP contribution in [0.15, 0.2) is 53.4 Å². The Hall–Kier alpha value is -2.71. The molecule has 1 aliphatic rings. The third-order valence-electron chi connectivity index (χ3n) is 5.28. The molecule has 0 radical (unpaired) electrons. The number of benzene rings is 2. The summed E-state index contributed by atoms with van der Waals surface area (Å²) in [5.74, 6) is -1.56. The number of nitrogens with one attached hydrogen (secondary N) is 2. The molecular formula is C22H27N3O4S. The lowest BCUT2D eigenvalue weighted by Gasteiger charge is -2.24. The van der Waals surface area contributed by atoms with E-state index in [9.17, 15) is 18.0 Å². The highest BCUT2D eigenvalue weighted by atomic mass is 32.2. The molecule has 2 N–H and O–H groups in total. The molecule has 0 bridgehead atoms. The first-order valence-electron chi connectivity index (χ1n) is 10.1. The van der Waals surface area contributed by atoms with E-state index in [4.69, 9.17) is 0 Å². The van der Waals surface area contributed by atoms with Gasteiger partial charge in [-0.2, -0.15) is 4.31 Å². The minimum Gasteiger partial charge on any atom is -0.346 e. The second-order valence-corrected chi connectivity index (χ2v) is 9.33. The standard InChI is InChI=1S/C22H27N3O4S/c1-3-17-8-10-18(11-9-17)24-22(27)21(26)23-15-19-5-4-14-25(19)30(28,29)20-12-6-16(2)7-13-20/h6-13,19H,3-5,14-15H2,1-2H3,(H,23,26)(H,24,27)/t19-/m1/s1. The predicted molar refractivity (Wildman–Crippen MR) is 116 cm³/mol. The molecule has 7 nitrogen and oxygen atoms in total. The van der Waals surface area contributed by atoms with Gasteiger partial charge in [0, 0.05) is 24.8 Å². The zero-order valence-electron chi connectivity index (χ0n) is 17.2. The average molecular weight is 430 g/mol. The van der Waals surface area contributed by atoms with E-state index >= 15 is 0 Å². The number of nitrogens with zero attached hydrogens (tertiary/aromatic N) is 1. The zero-order valence-corrected chi connectivity index (χ0v) is 18.0. The second kappa shape index (κ2) is 9.40. The highest BCUT2D eigenvalue weighted by Crippen LogP contribution is 2.26. The molecular weight excluding hydrogens is 402 g/mol. The van der Waals surface area contributed by atoms with Crippen molar-refractivity contribution in [1.29, 1.82) is 0 Å². The molecule has 8 heteroatoms. The molecule has 0 unspecified atom stereocenters. The highest BCUT2D eigenvalue weighted by molar-refractivity contribution is 7.89. The van der Waals surface area contributed by atoms with Gasteiger partial charge in [-0.25, -0.2) is 8.42 Å². The number of hydrogen-bond acceptors (Lipinski definition) is 4. The van der Waals surface area contributed by atoms with Crippen LogP contribution in [0.25, 0.3) is 0 Å². The van der Waals surface area contributed by atoms with E-state index in [0.717, 1.165) is 17.5 Å². The van der Waals surface area contributed by atoms with Crippen molar-refractivity contribution < 1.29 is 18.0 Å². The van der Waals surface area contributed by atoms with E-state index in [-0.39, 0.29) is 17.5 Å². The maximum absolute atomic E-state index is 13.0. The molecule has 1 fully saturated rings. The summed E-state index contributed by atoms with van der Waals surface area (Å²) >= 11 is 0. The normalized spacial score (nSPS) is 16.9. The molecule has 0 aromatic heterocycles. The van der Waals surface area contributed by atoms with Gasteiger partial charge >= 0.3 is 11.8 Å². The molecule has 30 heavy (non-hydrogen) atoms. The van der Waals surface area contributed by atoms with Crippen LogP contribution in [0.1, 0.15) is 30.9 Å². The van der Waals surface area contributed by atoms with E-state index in [0.29, 0.717) is 25.1 Å². The predicted octanol–water partition coefficient (Wildman–Crippen LogP) is 2.47. The minimum atomic E-state index is -3.65. The fourth-order valence-corrected chi connectivity index (χ4v) is 5.17. The van der Waals surface area contributed by atoms with E-state index in [1.165, 1.54) is 4.31 Å². The molecule has 2 aromatic rings. The summed E-state index contributed by atoms with van der Waals surface area (Å²) in [5, 5.41) is 5.13. The first kappa shape index (κ1) is 22.0. The lowest BCUT2D eigenvalue weighted by Crippen LogP contribution is -2.45. The van der Waals surface area contributed by atoms with Crippen molar-refractivity contribution in [2.45, 2.75) is 44.0 Å². The van der Waals surface area contributed by atoms with Crippen molar-refractivity contribution in [3.05, 3.63) is 59.7 Å². The molecule has 0 spiro atoms. The van der Waals surface area contributed by atoms with Crippen molar-refractivity contribution in [2.75, 3.05) is 18.4 Å². The van der Waals surface area contributed by atoms with Crippen molar-refractivity contribution in [3.63, 3.8) is 0 Å². The SMILES string of the molecule is CCc1ccc(NC(=O)C(=O)NC[C@H]2CCCN2S(=O)(=O)c2ccc(C)cc2)cc1. The minimum absolute atomic E-state index is 0.0894. The Morgan fingerprint density at radius 2 is 1.70 bits per heavy atom. The Morgan fingerprint density at radius 1 is 1.03 bits per heavy atom. The molecule has 3 rings (SSSR count). The van der Waals surface area contributed by atoms with E-state index in [2.05, 4.69) is 10.6 Å². The number of carbonyl (C=O) groups excluding carboxylic acids is 2. The number of anilines is 1. The van der Waals surface area contributed by atoms with E-state index in [1.807, 2.05) is 26.0 Å². The monoisotopic (exact) mass is 429 g/mol. The highest BCUT2D eigenvalue weighted by Gasteiger charge is 2.35. The third-order valence-corrected chi connectivity index (χ3v) is 7.24. The van der Waals surface area contributed by atoms with Gasteiger partial charge in [-0.05, 0) is 56.0 Å². The molecule has 1 heterocycles. The lowest BCUT2D eigenvalue weighted by molar-refractivity contribution is -0.136. The Labute approximate surface area is 177 Å². The second-order valence-electron chi connectivity index (χ2n) is 7.44. The number of hydrogen-bond donors (Lipinski definition) is 2. The summed E-state index contributed by atoms with van der Waals surface area (Å²) in [4.78, 5) is 24.6. The van der Waals surface area contributed by atoms with Gasteiger partial charge < -0.3 is 10.6 Å². The molecule has 0 saturated carbocycles. The Bertz CT molecular complexity index is 1000. The molecule has 0 aliphatic carbocycles. The zero-order chi connectivity index (χ0) is 21.7. The van der Waals surface area contributed by atoms with Gasteiger partial charge in [-0.3, -0.25) is 9.59 Å². The first-order valence-corrected chi connectivity index (χ1v) is 11.5. The molecule has 2 aromatic carbocycles. The van der Waals surface area contributed by atoms with Gasteiger partial charge in [0.05, 0.1) is 4.90 Å². The fourth-order valence-electron chi connectivity index (χ4n) is 3.48. The van der Waals surface area contributed by atoms with Crippen LogP contribution in [-0.2, 0) is 26.0 Å². The summed E-state index contributed by atoms with van der Waals surface area (Å²) < 4.78 is 27.3. The Kier molecular flexibility index (Phi) is 6.89. The number of carbonyl (C=O) groups is 2. The van der Waals surface area contributed by atoms with Gasteiger partial charge in [0.2, 0.25) is 10.0 Å². The summed E-state index contributed by atoms with van der Waals surface area (Å²) in [6.07, 6.45) is 2.23. The van der Waals surface area contributed by atoms with Crippen LogP contribution in [0, 0.1) is 6.92 Å². The Balaban J connectivity index is 1.59. The average Bonchev–Trinajstić information content (AvgIpc) is 3.22.